The van der Waals surface area contributed by atoms with E-state index < -0.39 is 0 Å². The van der Waals surface area contributed by atoms with Crippen LogP contribution >= 0.6 is 0 Å². The molecule has 11 nitrogen and oxygen atoms in total. The van der Waals surface area contributed by atoms with Crippen molar-refractivity contribution >= 4 is 35.4 Å². The quantitative estimate of drug-likeness (QED) is 0.311. The molecule has 1 saturated carbocycles. The average molecular weight is 470 g/mol. The molecule has 1 aliphatic carbocycles. The Morgan fingerprint density at radius 1 is 1.20 bits per heavy atom. The van der Waals surface area contributed by atoms with Gasteiger partial charge in [-0.2, -0.15) is 19.6 Å². The minimum absolute atomic E-state index is 0.0519. The van der Waals surface area contributed by atoms with E-state index in [1.807, 2.05) is 34.8 Å². The van der Waals surface area contributed by atoms with Crippen molar-refractivity contribution in [1.82, 2.24) is 34.4 Å². The van der Waals surface area contributed by atoms with Gasteiger partial charge in [0.2, 0.25) is 17.8 Å². The van der Waals surface area contributed by atoms with Gasteiger partial charge in [-0.05, 0) is 36.6 Å². The summed E-state index contributed by atoms with van der Waals surface area (Å²) in [6.45, 7) is 0.602. The van der Waals surface area contributed by atoms with Crippen LogP contribution in [0.15, 0.2) is 54.8 Å². The third kappa shape index (κ3) is 4.23. The molecule has 1 saturated heterocycles. The number of imide groups is 1. The number of imidazole rings is 1. The number of aromatic nitrogens is 6. The van der Waals surface area contributed by atoms with Gasteiger partial charge in [0.1, 0.15) is 0 Å². The molecular weight excluding hydrogens is 446 g/mol. The number of amides is 2. The Balaban J connectivity index is 1.32. The second-order valence-corrected chi connectivity index (χ2v) is 8.82. The van der Waals surface area contributed by atoms with Crippen molar-refractivity contribution in [2.45, 2.75) is 31.8 Å². The van der Waals surface area contributed by atoms with E-state index in [1.165, 1.54) is 0 Å². The summed E-state index contributed by atoms with van der Waals surface area (Å²) < 4.78 is 3.60. The fourth-order valence-corrected chi connectivity index (χ4v) is 4.00. The van der Waals surface area contributed by atoms with E-state index in [-0.39, 0.29) is 18.2 Å². The van der Waals surface area contributed by atoms with Crippen LogP contribution in [0.5, 0.6) is 0 Å². The first-order valence-corrected chi connectivity index (χ1v) is 11.4. The predicted molar refractivity (Wildman–Crippen MR) is 129 cm³/mol. The smallest absolute Gasteiger partial charge is 0.254 e. The van der Waals surface area contributed by atoms with Gasteiger partial charge in [0.05, 0.1) is 18.9 Å². The Kier molecular flexibility index (Phi) is 5.02. The molecule has 6 rings (SSSR count). The molecule has 0 spiro atoms. The summed E-state index contributed by atoms with van der Waals surface area (Å²) >= 11 is 0. The number of carbonyl (C=O) groups excluding carboxylic acids is 2. The molecule has 4 aromatic rings. The molecule has 3 aromatic heterocycles. The summed E-state index contributed by atoms with van der Waals surface area (Å²) in [4.78, 5) is 39.2. The highest BCUT2D eigenvalue weighted by atomic mass is 16.2. The van der Waals surface area contributed by atoms with Crippen molar-refractivity contribution in [3.8, 4) is 5.69 Å². The van der Waals surface area contributed by atoms with Crippen LogP contribution < -0.4 is 15.5 Å². The third-order valence-corrected chi connectivity index (χ3v) is 6.02. The zero-order valence-corrected chi connectivity index (χ0v) is 19.0. The molecule has 1 aromatic carbocycles. The van der Waals surface area contributed by atoms with Crippen molar-refractivity contribution in [2.75, 3.05) is 17.3 Å². The van der Waals surface area contributed by atoms with Gasteiger partial charge in [-0.3, -0.25) is 14.9 Å². The van der Waals surface area contributed by atoms with Gasteiger partial charge in [0.15, 0.2) is 5.65 Å². The molecular formula is C24H23N9O2. The molecule has 4 heterocycles. The molecule has 0 radical (unpaired) electrons. The Hall–Kier alpha value is -4.54. The normalized spacial score (nSPS) is 16.8. The van der Waals surface area contributed by atoms with Crippen molar-refractivity contribution in [3.05, 3.63) is 65.9 Å². The summed E-state index contributed by atoms with van der Waals surface area (Å²) in [7, 11) is 1.94. The predicted octanol–water partition coefficient (Wildman–Crippen LogP) is 1.95. The van der Waals surface area contributed by atoms with Crippen LogP contribution in [-0.4, -0.2) is 54.0 Å². The third-order valence-electron chi connectivity index (χ3n) is 6.02. The molecule has 1 aliphatic heterocycles. The van der Waals surface area contributed by atoms with Gasteiger partial charge < -0.3 is 14.8 Å². The summed E-state index contributed by atoms with van der Waals surface area (Å²) in [5.74, 6) is 0.456. The second-order valence-electron chi connectivity index (χ2n) is 8.82. The van der Waals surface area contributed by atoms with Gasteiger partial charge in [-0.1, -0.05) is 12.1 Å². The molecule has 2 aliphatic rings. The van der Waals surface area contributed by atoms with Crippen LogP contribution in [0.2, 0.25) is 0 Å². The van der Waals surface area contributed by atoms with Gasteiger partial charge in [-0.15, -0.1) is 0 Å². The lowest BCUT2D eigenvalue weighted by molar-refractivity contribution is -0.124. The van der Waals surface area contributed by atoms with Crippen LogP contribution in [0.25, 0.3) is 17.4 Å². The van der Waals surface area contributed by atoms with Gasteiger partial charge >= 0.3 is 0 Å². The lowest BCUT2D eigenvalue weighted by Gasteiger charge is -2.19. The van der Waals surface area contributed by atoms with Crippen LogP contribution in [0.3, 0.4) is 0 Å². The van der Waals surface area contributed by atoms with Crippen molar-refractivity contribution < 1.29 is 9.59 Å². The zero-order valence-electron chi connectivity index (χ0n) is 19.0. The number of nitrogens with zero attached hydrogens (tertiary/aromatic N) is 7. The first-order valence-electron chi connectivity index (χ1n) is 11.4. The highest BCUT2D eigenvalue weighted by molar-refractivity contribution is 6.15. The number of carbonyl (C=O) groups is 2. The van der Waals surface area contributed by atoms with Crippen LogP contribution in [0.4, 0.5) is 11.9 Å². The van der Waals surface area contributed by atoms with Crippen molar-refractivity contribution in [1.29, 1.82) is 0 Å². The van der Waals surface area contributed by atoms with Gasteiger partial charge in [-0.25, -0.2) is 4.98 Å². The number of nitrogens with one attached hydrogen (secondary N) is 2. The first kappa shape index (κ1) is 21.0. The Morgan fingerprint density at radius 3 is 2.71 bits per heavy atom. The Morgan fingerprint density at radius 2 is 2.03 bits per heavy atom. The van der Waals surface area contributed by atoms with Crippen molar-refractivity contribution in [3.63, 3.8) is 0 Å². The van der Waals surface area contributed by atoms with E-state index in [4.69, 9.17) is 9.97 Å². The summed E-state index contributed by atoms with van der Waals surface area (Å²) in [6.07, 6.45) is 11.0. The van der Waals surface area contributed by atoms with E-state index in [9.17, 15) is 9.59 Å². The maximum atomic E-state index is 12.1. The largest absolute Gasteiger partial charge is 0.351 e. The fourth-order valence-electron chi connectivity index (χ4n) is 4.00. The molecule has 0 bridgehead atoms. The van der Waals surface area contributed by atoms with Gasteiger partial charge in [0, 0.05) is 48.9 Å². The molecule has 2 amide bonds. The number of hydrogen-bond donors (Lipinski definition) is 2. The molecule has 2 N–H and O–H groups in total. The van der Waals surface area contributed by atoms with Crippen LogP contribution in [0.1, 0.15) is 30.4 Å². The maximum absolute atomic E-state index is 12.1. The van der Waals surface area contributed by atoms with E-state index in [0.717, 1.165) is 24.1 Å². The monoisotopic (exact) mass is 469 g/mol. The number of benzene rings is 1. The van der Waals surface area contributed by atoms with Crippen molar-refractivity contribution in [2.24, 2.45) is 0 Å². The summed E-state index contributed by atoms with van der Waals surface area (Å²) in [5.41, 5.74) is 3.76. The minimum Gasteiger partial charge on any atom is -0.351 e. The van der Waals surface area contributed by atoms with Crippen LogP contribution in [0, 0.1) is 0 Å². The van der Waals surface area contributed by atoms with E-state index in [1.54, 1.807) is 29.3 Å². The lowest BCUT2D eigenvalue weighted by atomic mass is 10.1. The summed E-state index contributed by atoms with van der Waals surface area (Å²) in [6, 6.07) is 8.59. The standard InChI is InChI=1S/C24H23N9O2/c1-31(13-15-2-6-19(7-3-15)32-9-8-25-14-32)23-29-21-17(10-16-11-20(34)28-22(16)35)12-26-33(21)24(30-23)27-18-4-5-18/h2-3,6-10,12,14,18H,4-5,11,13H2,1H3,(H,27,29,30)(H,28,34,35)/b16-10+. The Bertz CT molecular complexity index is 1450. The number of fused-ring (bicyclic) bond motifs is 1. The zero-order chi connectivity index (χ0) is 23.9. The first-order chi connectivity index (χ1) is 17.0. The highest BCUT2D eigenvalue weighted by Gasteiger charge is 2.26. The average Bonchev–Trinajstić information content (AvgIpc) is 3.20. The SMILES string of the molecule is CN(Cc1ccc(-n2ccnc2)cc1)c1nc(NC2CC2)n2ncc(/C=C3\CC(=O)NC3=O)c2n1. The van der Waals surface area contributed by atoms with Gasteiger partial charge in [0.25, 0.3) is 5.91 Å². The number of hydrogen-bond acceptors (Lipinski definition) is 8. The number of rotatable bonds is 7. The van der Waals surface area contributed by atoms with E-state index in [0.29, 0.717) is 41.3 Å². The topological polar surface area (TPSA) is 122 Å². The highest BCUT2D eigenvalue weighted by Crippen LogP contribution is 2.27. The molecule has 0 atom stereocenters. The van der Waals surface area contributed by atoms with Crippen LogP contribution in [-0.2, 0) is 16.1 Å². The molecule has 0 unspecified atom stereocenters. The fraction of sp³-hybridized carbons (Fsp3) is 0.250. The van der Waals surface area contributed by atoms with E-state index >= 15 is 0 Å². The molecule has 11 heteroatoms. The summed E-state index contributed by atoms with van der Waals surface area (Å²) in [5, 5.41) is 10.2. The molecule has 2 fully saturated rings. The second kappa shape index (κ2) is 8.35. The number of anilines is 2. The minimum atomic E-state index is -0.379. The molecule has 176 valence electrons. The lowest BCUT2D eigenvalue weighted by Crippen LogP contribution is -2.21. The Labute approximate surface area is 200 Å². The van der Waals surface area contributed by atoms with E-state index in [2.05, 4.69) is 32.8 Å². The molecule has 35 heavy (non-hydrogen) atoms. The maximum Gasteiger partial charge on any atom is 0.254 e.